The van der Waals surface area contributed by atoms with Crippen LogP contribution in [0.4, 0.5) is 0 Å². The molecule has 2 fully saturated rings. The molecule has 0 amide bonds. The lowest BCUT2D eigenvalue weighted by Gasteiger charge is -2.35. The van der Waals surface area contributed by atoms with Gasteiger partial charge in [0.25, 0.3) is 0 Å². The SMILES string of the molecule is O=C(O)CC=C1CC2CCCC(C1)S2=O. The van der Waals surface area contributed by atoms with Crippen molar-refractivity contribution in [1.29, 1.82) is 0 Å². The molecule has 2 bridgehead atoms. The average molecular weight is 228 g/mol. The van der Waals surface area contributed by atoms with Gasteiger partial charge in [-0.3, -0.25) is 9.00 Å². The molecule has 15 heavy (non-hydrogen) atoms. The fourth-order valence-electron chi connectivity index (χ4n) is 2.51. The number of carboxylic acids is 1. The van der Waals surface area contributed by atoms with E-state index in [0.29, 0.717) is 10.5 Å². The van der Waals surface area contributed by atoms with Crippen molar-refractivity contribution in [3.8, 4) is 0 Å². The van der Waals surface area contributed by atoms with Gasteiger partial charge in [0.05, 0.1) is 6.42 Å². The quantitative estimate of drug-likeness (QED) is 0.734. The number of hydrogen-bond acceptors (Lipinski definition) is 2. The summed E-state index contributed by atoms with van der Waals surface area (Å²) in [7, 11) is -0.659. The van der Waals surface area contributed by atoms with Crippen molar-refractivity contribution >= 4 is 16.8 Å². The van der Waals surface area contributed by atoms with Gasteiger partial charge in [-0.25, -0.2) is 0 Å². The molecular formula is C11H16O3S. The molecule has 2 atom stereocenters. The molecule has 0 aromatic carbocycles. The third-order valence-corrected chi connectivity index (χ3v) is 5.37. The summed E-state index contributed by atoms with van der Waals surface area (Å²) in [6.07, 6.45) is 6.94. The Bertz CT molecular complexity index is 304. The number of carbonyl (C=O) groups is 1. The number of hydrogen-bond donors (Lipinski definition) is 1. The van der Waals surface area contributed by atoms with Gasteiger partial charge >= 0.3 is 5.97 Å². The lowest BCUT2D eigenvalue weighted by molar-refractivity contribution is -0.136. The maximum atomic E-state index is 11.9. The number of aliphatic carboxylic acids is 1. The van der Waals surface area contributed by atoms with Gasteiger partial charge in [0.1, 0.15) is 0 Å². The van der Waals surface area contributed by atoms with Crippen molar-refractivity contribution in [2.75, 3.05) is 0 Å². The Balaban J connectivity index is 2.04. The first-order valence-corrected chi connectivity index (χ1v) is 6.73. The normalized spacial score (nSPS) is 34.9. The molecular weight excluding hydrogens is 212 g/mol. The van der Waals surface area contributed by atoms with Crippen LogP contribution in [0.15, 0.2) is 11.6 Å². The van der Waals surface area contributed by atoms with E-state index in [4.69, 9.17) is 5.11 Å². The lowest BCUT2D eigenvalue weighted by atomic mass is 9.94. The maximum absolute atomic E-state index is 11.9. The molecule has 0 spiro atoms. The molecule has 2 saturated heterocycles. The molecule has 0 saturated carbocycles. The van der Waals surface area contributed by atoms with E-state index in [1.807, 2.05) is 6.08 Å². The second-order valence-corrected chi connectivity index (χ2v) is 6.36. The van der Waals surface area contributed by atoms with E-state index in [1.54, 1.807) is 0 Å². The largest absolute Gasteiger partial charge is 0.481 e. The molecule has 2 rings (SSSR count). The van der Waals surface area contributed by atoms with E-state index >= 15 is 0 Å². The predicted molar refractivity (Wildman–Crippen MR) is 59.1 cm³/mol. The van der Waals surface area contributed by atoms with Gasteiger partial charge in [-0.05, 0) is 25.7 Å². The Kier molecular flexibility index (Phi) is 3.24. The van der Waals surface area contributed by atoms with Crippen LogP contribution in [0.1, 0.15) is 38.5 Å². The standard InChI is InChI=1S/C11H16O3S/c12-11(13)5-4-8-6-9-2-1-3-10(7-8)15(9)14/h4,9-10H,1-3,5-7H2,(H,12,13). The summed E-state index contributed by atoms with van der Waals surface area (Å²) in [4.78, 5) is 10.4. The van der Waals surface area contributed by atoms with Gasteiger partial charge in [0, 0.05) is 21.3 Å². The first kappa shape index (κ1) is 10.9. The topological polar surface area (TPSA) is 54.4 Å². The van der Waals surface area contributed by atoms with Crippen molar-refractivity contribution < 1.29 is 14.1 Å². The van der Waals surface area contributed by atoms with Crippen LogP contribution < -0.4 is 0 Å². The van der Waals surface area contributed by atoms with Crippen LogP contribution in [-0.2, 0) is 15.6 Å². The second kappa shape index (κ2) is 4.47. The number of rotatable bonds is 2. The molecule has 2 unspecified atom stereocenters. The van der Waals surface area contributed by atoms with Crippen LogP contribution in [0.2, 0.25) is 0 Å². The minimum Gasteiger partial charge on any atom is -0.481 e. The first-order valence-electron chi connectivity index (χ1n) is 5.46. The first-order chi connectivity index (χ1) is 7.16. The van der Waals surface area contributed by atoms with Crippen LogP contribution in [0, 0.1) is 0 Å². The zero-order valence-corrected chi connectivity index (χ0v) is 9.46. The molecule has 2 aliphatic rings. The maximum Gasteiger partial charge on any atom is 0.307 e. The monoisotopic (exact) mass is 228 g/mol. The summed E-state index contributed by atoms with van der Waals surface area (Å²) in [5, 5.41) is 9.20. The summed E-state index contributed by atoms with van der Waals surface area (Å²) in [6.45, 7) is 0. The molecule has 2 heterocycles. The fraction of sp³-hybridized carbons (Fsp3) is 0.727. The number of carboxylic acid groups (broad SMARTS) is 1. The van der Waals surface area contributed by atoms with Crippen LogP contribution in [0.3, 0.4) is 0 Å². The summed E-state index contributed by atoms with van der Waals surface area (Å²) in [6, 6.07) is 0. The fourth-order valence-corrected chi connectivity index (χ4v) is 4.61. The molecule has 2 aliphatic heterocycles. The molecule has 0 aromatic rings. The Labute approximate surface area is 92.0 Å². The smallest absolute Gasteiger partial charge is 0.307 e. The second-order valence-electron chi connectivity index (χ2n) is 4.37. The highest BCUT2D eigenvalue weighted by atomic mass is 32.2. The summed E-state index contributed by atoms with van der Waals surface area (Å²) in [5.74, 6) is -0.778. The molecule has 0 aliphatic carbocycles. The number of fused-ring (bicyclic) bond motifs is 2. The van der Waals surface area contributed by atoms with Gasteiger partial charge in [-0.2, -0.15) is 0 Å². The van der Waals surface area contributed by atoms with E-state index in [-0.39, 0.29) is 6.42 Å². The Morgan fingerprint density at radius 1 is 1.40 bits per heavy atom. The van der Waals surface area contributed by atoms with E-state index in [9.17, 15) is 9.00 Å². The third-order valence-electron chi connectivity index (χ3n) is 3.25. The minimum atomic E-state index is -0.778. The lowest BCUT2D eigenvalue weighted by Crippen LogP contribution is -2.36. The summed E-state index contributed by atoms with van der Waals surface area (Å²) in [5.41, 5.74) is 1.21. The van der Waals surface area contributed by atoms with Crippen molar-refractivity contribution in [2.24, 2.45) is 0 Å². The highest BCUT2D eigenvalue weighted by Gasteiger charge is 2.35. The van der Waals surface area contributed by atoms with E-state index in [1.165, 1.54) is 12.0 Å². The van der Waals surface area contributed by atoms with Crippen LogP contribution in [-0.4, -0.2) is 25.8 Å². The van der Waals surface area contributed by atoms with Crippen molar-refractivity contribution in [3.63, 3.8) is 0 Å². The summed E-state index contributed by atoms with van der Waals surface area (Å²) >= 11 is 0. The minimum absolute atomic E-state index is 0.113. The molecule has 0 radical (unpaired) electrons. The highest BCUT2D eigenvalue weighted by molar-refractivity contribution is 7.86. The van der Waals surface area contributed by atoms with E-state index in [2.05, 4.69) is 0 Å². The number of allylic oxidation sites excluding steroid dienone is 1. The van der Waals surface area contributed by atoms with Gasteiger partial charge in [-0.1, -0.05) is 18.1 Å². The van der Waals surface area contributed by atoms with Crippen LogP contribution >= 0.6 is 0 Å². The van der Waals surface area contributed by atoms with E-state index < -0.39 is 16.8 Å². The van der Waals surface area contributed by atoms with Crippen molar-refractivity contribution in [3.05, 3.63) is 11.6 Å². The summed E-state index contributed by atoms with van der Waals surface area (Å²) < 4.78 is 11.9. The predicted octanol–water partition coefficient (Wildman–Crippen LogP) is 1.85. The Morgan fingerprint density at radius 2 is 2.00 bits per heavy atom. The molecule has 4 heteroatoms. The van der Waals surface area contributed by atoms with Gasteiger partial charge in [0.2, 0.25) is 0 Å². The Morgan fingerprint density at radius 3 is 2.53 bits per heavy atom. The van der Waals surface area contributed by atoms with Crippen LogP contribution in [0.25, 0.3) is 0 Å². The zero-order valence-electron chi connectivity index (χ0n) is 8.65. The molecule has 3 nitrogen and oxygen atoms in total. The van der Waals surface area contributed by atoms with Gasteiger partial charge < -0.3 is 5.11 Å². The Hall–Kier alpha value is -0.640. The highest BCUT2D eigenvalue weighted by Crippen LogP contribution is 2.36. The average Bonchev–Trinajstić information content (AvgIpc) is 2.15. The third kappa shape index (κ3) is 2.48. The molecule has 1 N–H and O–H groups in total. The van der Waals surface area contributed by atoms with Crippen molar-refractivity contribution in [2.45, 2.75) is 49.0 Å². The van der Waals surface area contributed by atoms with Crippen molar-refractivity contribution in [1.82, 2.24) is 0 Å². The van der Waals surface area contributed by atoms with Gasteiger partial charge in [0.15, 0.2) is 0 Å². The zero-order chi connectivity index (χ0) is 10.8. The molecule has 84 valence electrons. The molecule has 0 aromatic heterocycles. The van der Waals surface area contributed by atoms with E-state index in [0.717, 1.165) is 25.7 Å². The van der Waals surface area contributed by atoms with Gasteiger partial charge in [-0.15, -0.1) is 0 Å². The van der Waals surface area contributed by atoms with Crippen LogP contribution in [0.5, 0.6) is 0 Å².